The van der Waals surface area contributed by atoms with E-state index in [9.17, 15) is 9.59 Å². The van der Waals surface area contributed by atoms with Crippen LogP contribution in [-0.4, -0.2) is 54.6 Å². The van der Waals surface area contributed by atoms with Crippen LogP contribution in [0, 0.1) is 0 Å². The lowest BCUT2D eigenvalue weighted by molar-refractivity contribution is -0.160. The van der Waals surface area contributed by atoms with Crippen molar-refractivity contribution >= 4 is 12.0 Å². The zero-order chi connectivity index (χ0) is 21.2. The summed E-state index contributed by atoms with van der Waals surface area (Å²) in [6, 6.07) is 8.91. The summed E-state index contributed by atoms with van der Waals surface area (Å²) >= 11 is 0. The summed E-state index contributed by atoms with van der Waals surface area (Å²) in [6.07, 6.45) is -1.16. The van der Waals surface area contributed by atoms with Gasteiger partial charge in [0.05, 0.1) is 6.54 Å². The highest BCUT2D eigenvalue weighted by atomic mass is 16.7. The molecule has 2 amide bonds. The van der Waals surface area contributed by atoms with E-state index in [1.54, 1.807) is 32.6 Å². The van der Waals surface area contributed by atoms with Gasteiger partial charge in [-0.2, -0.15) is 0 Å². The number of carbonyl (C=O) groups is 2. The Balaban J connectivity index is 2.88. The highest BCUT2D eigenvalue weighted by molar-refractivity contribution is 5.85. The SMILES string of the molecule is CCOC(CN(Cc1ccccc1)C(=O)[C@H](C)NC(=O)OC(C)(C)C)OCC. The van der Waals surface area contributed by atoms with E-state index < -0.39 is 24.0 Å². The molecule has 0 fully saturated rings. The van der Waals surface area contributed by atoms with E-state index in [0.29, 0.717) is 19.8 Å². The van der Waals surface area contributed by atoms with E-state index in [2.05, 4.69) is 5.32 Å². The highest BCUT2D eigenvalue weighted by Crippen LogP contribution is 2.11. The van der Waals surface area contributed by atoms with Gasteiger partial charge in [0.15, 0.2) is 6.29 Å². The Bertz CT molecular complexity index is 595. The maximum absolute atomic E-state index is 13.0. The third-order valence-corrected chi connectivity index (χ3v) is 3.71. The Hall–Kier alpha value is -2.12. The minimum atomic E-state index is -0.748. The van der Waals surface area contributed by atoms with E-state index in [1.807, 2.05) is 44.2 Å². The van der Waals surface area contributed by atoms with Crippen molar-refractivity contribution in [1.29, 1.82) is 0 Å². The number of amides is 2. The second-order valence-corrected chi connectivity index (χ2v) is 7.41. The first-order chi connectivity index (χ1) is 13.2. The van der Waals surface area contributed by atoms with Crippen LogP contribution in [0.5, 0.6) is 0 Å². The Morgan fingerprint density at radius 2 is 1.64 bits per heavy atom. The van der Waals surface area contributed by atoms with Crippen molar-refractivity contribution in [2.45, 2.75) is 66.0 Å². The molecule has 0 saturated carbocycles. The van der Waals surface area contributed by atoms with Crippen molar-refractivity contribution in [3.8, 4) is 0 Å². The molecule has 28 heavy (non-hydrogen) atoms. The number of ether oxygens (including phenoxy) is 3. The van der Waals surface area contributed by atoms with Crippen LogP contribution in [0.15, 0.2) is 30.3 Å². The first-order valence-electron chi connectivity index (χ1n) is 9.71. The summed E-state index contributed by atoms with van der Waals surface area (Å²) in [6.45, 7) is 12.3. The van der Waals surface area contributed by atoms with Gasteiger partial charge in [0.25, 0.3) is 0 Å². The molecule has 0 bridgehead atoms. The normalized spacial score (nSPS) is 12.5. The maximum atomic E-state index is 13.0. The number of rotatable bonds is 10. The van der Waals surface area contributed by atoms with Gasteiger partial charge >= 0.3 is 6.09 Å². The fourth-order valence-corrected chi connectivity index (χ4v) is 2.56. The lowest BCUT2D eigenvalue weighted by Crippen LogP contribution is -2.50. The molecule has 7 heteroatoms. The molecule has 0 aliphatic rings. The fraction of sp³-hybridized carbons (Fsp3) is 0.619. The monoisotopic (exact) mass is 394 g/mol. The standard InChI is InChI=1S/C21H34N2O5/c1-7-26-18(27-8-2)15-23(14-17-12-10-9-11-13-17)19(24)16(3)22-20(25)28-21(4,5)6/h9-13,16,18H,7-8,14-15H2,1-6H3,(H,22,25)/t16-/m0/s1. The van der Waals surface area contributed by atoms with Crippen LogP contribution in [0.4, 0.5) is 4.79 Å². The van der Waals surface area contributed by atoms with E-state index in [1.165, 1.54) is 0 Å². The second kappa shape index (κ2) is 11.7. The van der Waals surface area contributed by atoms with Crippen LogP contribution in [0.3, 0.4) is 0 Å². The third kappa shape index (κ3) is 9.19. The lowest BCUT2D eigenvalue weighted by atomic mass is 10.2. The smallest absolute Gasteiger partial charge is 0.408 e. The average Bonchev–Trinajstić information content (AvgIpc) is 2.60. The van der Waals surface area contributed by atoms with E-state index in [0.717, 1.165) is 5.56 Å². The van der Waals surface area contributed by atoms with Gasteiger partial charge in [-0.15, -0.1) is 0 Å². The zero-order valence-corrected chi connectivity index (χ0v) is 17.9. The largest absolute Gasteiger partial charge is 0.444 e. The molecular formula is C21H34N2O5. The third-order valence-electron chi connectivity index (χ3n) is 3.71. The predicted octanol–water partition coefficient (Wildman–Crippen LogP) is 3.33. The van der Waals surface area contributed by atoms with Crippen LogP contribution >= 0.6 is 0 Å². The van der Waals surface area contributed by atoms with Crippen molar-refractivity contribution in [2.75, 3.05) is 19.8 Å². The average molecular weight is 395 g/mol. The topological polar surface area (TPSA) is 77.1 Å². The molecule has 1 rings (SSSR count). The van der Waals surface area contributed by atoms with Crippen molar-refractivity contribution in [3.05, 3.63) is 35.9 Å². The van der Waals surface area contributed by atoms with Crippen molar-refractivity contribution in [2.24, 2.45) is 0 Å². The van der Waals surface area contributed by atoms with Gasteiger partial charge in [-0.25, -0.2) is 4.79 Å². The van der Waals surface area contributed by atoms with Gasteiger partial charge in [0, 0.05) is 19.8 Å². The molecule has 0 spiro atoms. The Morgan fingerprint density at radius 3 is 2.14 bits per heavy atom. The number of alkyl carbamates (subject to hydrolysis) is 1. The van der Waals surface area contributed by atoms with Crippen LogP contribution in [0.1, 0.15) is 47.1 Å². The Morgan fingerprint density at radius 1 is 1.07 bits per heavy atom. The van der Waals surface area contributed by atoms with E-state index >= 15 is 0 Å². The number of hydrogen-bond donors (Lipinski definition) is 1. The van der Waals surface area contributed by atoms with Crippen LogP contribution in [0.2, 0.25) is 0 Å². The molecule has 0 radical (unpaired) electrons. The summed E-state index contributed by atoms with van der Waals surface area (Å²) in [5.41, 5.74) is 0.345. The number of nitrogens with zero attached hydrogens (tertiary/aromatic N) is 1. The summed E-state index contributed by atoms with van der Waals surface area (Å²) in [5.74, 6) is -0.237. The second-order valence-electron chi connectivity index (χ2n) is 7.41. The van der Waals surface area contributed by atoms with Crippen molar-refractivity contribution < 1.29 is 23.8 Å². The van der Waals surface area contributed by atoms with E-state index in [4.69, 9.17) is 14.2 Å². The lowest BCUT2D eigenvalue weighted by Gasteiger charge is -2.30. The quantitative estimate of drug-likeness (QED) is 0.616. The number of carbonyl (C=O) groups excluding carboxylic acids is 2. The molecule has 0 aliphatic heterocycles. The van der Waals surface area contributed by atoms with Crippen molar-refractivity contribution in [3.63, 3.8) is 0 Å². The van der Waals surface area contributed by atoms with Gasteiger partial charge in [-0.05, 0) is 47.1 Å². The summed E-state index contributed by atoms with van der Waals surface area (Å²) in [4.78, 5) is 26.7. The molecule has 158 valence electrons. The summed E-state index contributed by atoms with van der Waals surface area (Å²) in [5, 5.41) is 2.61. The molecule has 0 saturated heterocycles. The first-order valence-corrected chi connectivity index (χ1v) is 9.71. The highest BCUT2D eigenvalue weighted by Gasteiger charge is 2.27. The first kappa shape index (κ1) is 23.9. The van der Waals surface area contributed by atoms with Crippen LogP contribution in [-0.2, 0) is 25.5 Å². The van der Waals surface area contributed by atoms with Gasteiger partial charge in [-0.1, -0.05) is 30.3 Å². The number of hydrogen-bond acceptors (Lipinski definition) is 5. The molecule has 1 aromatic rings. The van der Waals surface area contributed by atoms with Gasteiger partial charge < -0.3 is 24.4 Å². The Labute approximate surface area is 168 Å². The molecule has 0 aromatic heterocycles. The molecule has 1 atom stereocenters. The minimum Gasteiger partial charge on any atom is -0.444 e. The molecule has 0 heterocycles. The molecular weight excluding hydrogens is 360 g/mol. The molecule has 1 N–H and O–H groups in total. The minimum absolute atomic E-state index is 0.237. The fourth-order valence-electron chi connectivity index (χ4n) is 2.56. The van der Waals surface area contributed by atoms with Gasteiger partial charge in [0.2, 0.25) is 5.91 Å². The molecule has 1 aromatic carbocycles. The van der Waals surface area contributed by atoms with Crippen molar-refractivity contribution in [1.82, 2.24) is 10.2 Å². The summed E-state index contributed by atoms with van der Waals surface area (Å²) in [7, 11) is 0. The van der Waals surface area contributed by atoms with Crippen LogP contribution < -0.4 is 5.32 Å². The number of nitrogens with one attached hydrogen (secondary N) is 1. The molecule has 0 aliphatic carbocycles. The van der Waals surface area contributed by atoms with Crippen LogP contribution in [0.25, 0.3) is 0 Å². The Kier molecular flexibility index (Phi) is 9.96. The predicted molar refractivity (Wildman–Crippen MR) is 108 cm³/mol. The summed E-state index contributed by atoms with van der Waals surface area (Å²) < 4.78 is 16.4. The molecule has 7 nitrogen and oxygen atoms in total. The van der Waals surface area contributed by atoms with Gasteiger partial charge in [0.1, 0.15) is 11.6 Å². The van der Waals surface area contributed by atoms with Gasteiger partial charge in [-0.3, -0.25) is 4.79 Å². The molecule has 0 unspecified atom stereocenters. The van der Waals surface area contributed by atoms with E-state index in [-0.39, 0.29) is 12.5 Å². The zero-order valence-electron chi connectivity index (χ0n) is 17.9. The maximum Gasteiger partial charge on any atom is 0.408 e. The number of benzene rings is 1.